The van der Waals surface area contributed by atoms with E-state index >= 15 is 0 Å². The molecule has 0 aliphatic heterocycles. The number of benzene rings is 1. The normalized spacial score (nSPS) is 29.4. The largest absolute Gasteiger partial charge is 0.481 e. The van der Waals surface area contributed by atoms with Crippen LogP contribution >= 0.6 is 0 Å². The van der Waals surface area contributed by atoms with Crippen LogP contribution in [0.2, 0.25) is 0 Å². The standard InChI is InChI=1S/C24H33NO3/c1-6-12-28-25-15-18-14-20-17(13-19(18)16(2)3)8-9-21-23(20,4)10-7-11-24(21,5)22(26)27/h6,13-16,21H,1,7-12H2,2-5H3,(H,26,27)/b25-15+/t21?,23-,24?/m1/s1. The van der Waals surface area contributed by atoms with Crippen molar-refractivity contribution in [3.63, 3.8) is 0 Å². The molecule has 0 saturated heterocycles. The monoisotopic (exact) mass is 383 g/mol. The number of aliphatic carboxylic acids is 1. The number of carboxylic acids is 1. The first-order valence-corrected chi connectivity index (χ1v) is 10.4. The molecule has 2 unspecified atom stereocenters. The highest BCUT2D eigenvalue weighted by Gasteiger charge is 2.55. The van der Waals surface area contributed by atoms with Crippen LogP contribution in [0.4, 0.5) is 0 Å². The Bertz CT molecular complexity index is 797. The molecule has 0 aromatic heterocycles. The van der Waals surface area contributed by atoms with Crippen LogP contribution in [-0.2, 0) is 21.5 Å². The zero-order chi connectivity index (χ0) is 20.5. The van der Waals surface area contributed by atoms with Gasteiger partial charge in [-0.3, -0.25) is 4.79 Å². The molecule has 1 saturated carbocycles. The smallest absolute Gasteiger partial charge is 0.309 e. The summed E-state index contributed by atoms with van der Waals surface area (Å²) in [6.45, 7) is 12.6. The first-order chi connectivity index (χ1) is 13.2. The number of carbonyl (C=O) groups is 1. The van der Waals surface area contributed by atoms with Gasteiger partial charge in [0, 0.05) is 0 Å². The molecular weight excluding hydrogens is 350 g/mol. The molecule has 0 heterocycles. The van der Waals surface area contributed by atoms with E-state index in [1.807, 2.05) is 6.92 Å². The molecule has 1 N–H and O–H groups in total. The van der Waals surface area contributed by atoms with Crippen molar-refractivity contribution in [3.05, 3.63) is 47.0 Å². The zero-order valence-corrected chi connectivity index (χ0v) is 17.6. The van der Waals surface area contributed by atoms with Gasteiger partial charge in [-0.1, -0.05) is 51.1 Å². The quantitative estimate of drug-likeness (QED) is 0.308. The third-order valence-corrected chi connectivity index (χ3v) is 7.13. The van der Waals surface area contributed by atoms with Crippen LogP contribution < -0.4 is 0 Å². The van der Waals surface area contributed by atoms with E-state index in [2.05, 4.69) is 44.6 Å². The van der Waals surface area contributed by atoms with E-state index in [4.69, 9.17) is 4.84 Å². The van der Waals surface area contributed by atoms with Crippen LogP contribution in [0.25, 0.3) is 0 Å². The van der Waals surface area contributed by atoms with Crippen LogP contribution in [0.15, 0.2) is 29.9 Å². The molecule has 1 aromatic rings. The molecular formula is C24H33NO3. The van der Waals surface area contributed by atoms with E-state index in [0.717, 1.165) is 37.7 Å². The second kappa shape index (κ2) is 7.73. The number of fused-ring (bicyclic) bond motifs is 3. The fourth-order valence-electron chi connectivity index (χ4n) is 5.61. The van der Waals surface area contributed by atoms with Crippen LogP contribution in [0, 0.1) is 11.3 Å². The summed E-state index contributed by atoms with van der Waals surface area (Å²) in [6, 6.07) is 4.58. The predicted octanol–water partition coefficient (Wildman–Crippen LogP) is 5.44. The Labute approximate surface area is 168 Å². The van der Waals surface area contributed by atoms with Gasteiger partial charge in [0.2, 0.25) is 0 Å². The average Bonchev–Trinajstić information content (AvgIpc) is 2.64. The lowest BCUT2D eigenvalue weighted by Crippen LogP contribution is -2.52. The van der Waals surface area contributed by atoms with Gasteiger partial charge < -0.3 is 9.94 Å². The maximum atomic E-state index is 12.2. The van der Waals surface area contributed by atoms with Gasteiger partial charge in [-0.15, -0.1) is 0 Å². The van der Waals surface area contributed by atoms with E-state index in [1.54, 1.807) is 12.3 Å². The fraction of sp³-hybridized carbons (Fsp3) is 0.583. The Hall–Kier alpha value is -2.10. The minimum Gasteiger partial charge on any atom is -0.481 e. The van der Waals surface area contributed by atoms with E-state index < -0.39 is 11.4 Å². The lowest BCUT2D eigenvalue weighted by molar-refractivity contribution is -0.157. The molecule has 3 atom stereocenters. The molecule has 2 aliphatic carbocycles. The van der Waals surface area contributed by atoms with Crippen molar-refractivity contribution in [2.24, 2.45) is 16.5 Å². The summed E-state index contributed by atoms with van der Waals surface area (Å²) in [5.74, 6) is -0.108. The van der Waals surface area contributed by atoms with E-state index in [0.29, 0.717) is 12.5 Å². The Morgan fingerprint density at radius 3 is 2.79 bits per heavy atom. The van der Waals surface area contributed by atoms with Gasteiger partial charge in [-0.25, -0.2) is 0 Å². The summed E-state index contributed by atoms with van der Waals surface area (Å²) in [4.78, 5) is 17.4. The van der Waals surface area contributed by atoms with Crippen molar-refractivity contribution >= 4 is 12.2 Å². The predicted molar refractivity (Wildman–Crippen MR) is 113 cm³/mol. The number of carboxylic acid groups (broad SMARTS) is 1. The molecule has 0 radical (unpaired) electrons. The molecule has 0 amide bonds. The second-order valence-electron chi connectivity index (χ2n) is 9.20. The number of nitrogens with zero attached hydrogens (tertiary/aromatic N) is 1. The van der Waals surface area contributed by atoms with E-state index in [1.165, 1.54) is 16.7 Å². The van der Waals surface area contributed by atoms with Gasteiger partial charge >= 0.3 is 5.97 Å². The molecule has 4 nitrogen and oxygen atoms in total. The first-order valence-electron chi connectivity index (χ1n) is 10.4. The van der Waals surface area contributed by atoms with Crippen LogP contribution in [0.5, 0.6) is 0 Å². The minimum atomic E-state index is -0.650. The van der Waals surface area contributed by atoms with Gasteiger partial charge in [0.05, 0.1) is 11.6 Å². The summed E-state index contributed by atoms with van der Waals surface area (Å²) < 4.78 is 0. The van der Waals surface area contributed by atoms with Crippen LogP contribution in [0.1, 0.15) is 81.5 Å². The number of rotatable bonds is 6. The average molecular weight is 384 g/mol. The molecule has 1 fully saturated rings. The SMILES string of the molecule is C=CCO/N=C/c1cc2c(cc1C(C)C)CCC1C(C)(C(=O)O)CCC[C@]21C. The third-order valence-electron chi connectivity index (χ3n) is 7.13. The number of hydrogen-bond acceptors (Lipinski definition) is 3. The van der Waals surface area contributed by atoms with Gasteiger partial charge in [0.1, 0.15) is 6.61 Å². The lowest BCUT2D eigenvalue weighted by Gasteiger charge is -2.53. The Morgan fingerprint density at radius 1 is 1.39 bits per heavy atom. The Morgan fingerprint density at radius 2 is 2.14 bits per heavy atom. The van der Waals surface area contributed by atoms with Crippen molar-refractivity contribution in [1.82, 2.24) is 0 Å². The highest BCUT2D eigenvalue weighted by molar-refractivity contribution is 5.83. The Balaban J connectivity index is 2.08. The molecule has 152 valence electrons. The molecule has 0 spiro atoms. The number of hydrogen-bond donors (Lipinski definition) is 1. The summed E-state index contributed by atoms with van der Waals surface area (Å²) in [5, 5.41) is 14.1. The van der Waals surface area contributed by atoms with Crippen molar-refractivity contribution < 1.29 is 14.7 Å². The van der Waals surface area contributed by atoms with Crippen molar-refractivity contribution in [3.8, 4) is 0 Å². The zero-order valence-electron chi connectivity index (χ0n) is 17.6. The number of aryl methyl sites for hydroxylation is 1. The lowest BCUT2D eigenvalue weighted by atomic mass is 9.49. The first kappa shape index (κ1) is 20.6. The fourth-order valence-corrected chi connectivity index (χ4v) is 5.61. The summed E-state index contributed by atoms with van der Waals surface area (Å²) in [6.07, 6.45) is 8.12. The Kier molecular flexibility index (Phi) is 5.69. The van der Waals surface area contributed by atoms with E-state index in [9.17, 15) is 9.90 Å². The maximum Gasteiger partial charge on any atom is 0.309 e. The summed E-state index contributed by atoms with van der Waals surface area (Å²) >= 11 is 0. The highest BCUT2D eigenvalue weighted by atomic mass is 16.6. The van der Waals surface area contributed by atoms with Gasteiger partial charge in [-0.2, -0.15) is 0 Å². The summed E-state index contributed by atoms with van der Waals surface area (Å²) in [7, 11) is 0. The third kappa shape index (κ3) is 3.38. The molecule has 3 rings (SSSR count). The second-order valence-corrected chi connectivity index (χ2v) is 9.20. The maximum absolute atomic E-state index is 12.2. The van der Waals surface area contributed by atoms with Gasteiger partial charge in [0.25, 0.3) is 0 Å². The summed E-state index contributed by atoms with van der Waals surface area (Å²) in [5.41, 5.74) is 4.26. The van der Waals surface area contributed by atoms with Gasteiger partial charge in [0.15, 0.2) is 0 Å². The van der Waals surface area contributed by atoms with Crippen LogP contribution in [-0.4, -0.2) is 23.9 Å². The molecule has 28 heavy (non-hydrogen) atoms. The van der Waals surface area contributed by atoms with Crippen molar-refractivity contribution in [2.45, 2.75) is 71.1 Å². The molecule has 2 aliphatic rings. The molecule has 1 aromatic carbocycles. The van der Waals surface area contributed by atoms with Crippen LogP contribution in [0.3, 0.4) is 0 Å². The van der Waals surface area contributed by atoms with E-state index in [-0.39, 0.29) is 11.3 Å². The van der Waals surface area contributed by atoms with Crippen molar-refractivity contribution in [2.75, 3.05) is 6.61 Å². The highest BCUT2D eigenvalue weighted by Crippen LogP contribution is 2.57. The van der Waals surface area contributed by atoms with Gasteiger partial charge in [-0.05, 0) is 78.2 Å². The molecule has 0 bridgehead atoms. The number of oxime groups is 1. The topological polar surface area (TPSA) is 58.9 Å². The minimum absolute atomic E-state index is 0.112. The van der Waals surface area contributed by atoms with Crippen molar-refractivity contribution in [1.29, 1.82) is 0 Å². The molecule has 4 heteroatoms.